The number of nitrogens with one attached hydrogen (secondary N) is 1. The molecule has 1 atom stereocenters. The second-order valence-corrected chi connectivity index (χ2v) is 6.58. The lowest BCUT2D eigenvalue weighted by Crippen LogP contribution is -2.45. The summed E-state index contributed by atoms with van der Waals surface area (Å²) in [6, 6.07) is 11.8. The lowest BCUT2D eigenvalue weighted by Gasteiger charge is -2.24. The van der Waals surface area contributed by atoms with E-state index in [-0.39, 0.29) is 13.0 Å². The van der Waals surface area contributed by atoms with Gasteiger partial charge in [-0.3, -0.25) is 0 Å². The molecule has 1 aromatic carbocycles. The summed E-state index contributed by atoms with van der Waals surface area (Å²) < 4.78 is 15.8. The summed E-state index contributed by atoms with van der Waals surface area (Å²) in [5, 5.41) is 2.55. The van der Waals surface area contributed by atoms with Crippen LogP contribution >= 0.6 is 0 Å². The first kappa shape index (κ1) is 18.6. The van der Waals surface area contributed by atoms with Gasteiger partial charge in [0.15, 0.2) is 0 Å². The van der Waals surface area contributed by atoms with Gasteiger partial charge >= 0.3 is 12.1 Å². The van der Waals surface area contributed by atoms with E-state index in [1.54, 1.807) is 32.9 Å². The van der Waals surface area contributed by atoms with Gasteiger partial charge < -0.3 is 19.2 Å². The minimum atomic E-state index is -0.895. The van der Waals surface area contributed by atoms with Gasteiger partial charge in [0.25, 0.3) is 0 Å². The first-order valence-electron chi connectivity index (χ1n) is 8.06. The van der Waals surface area contributed by atoms with E-state index < -0.39 is 23.7 Å². The molecule has 0 aliphatic carbocycles. The SMILES string of the molecule is CC(C)(C)OC(=O)[C@H](Cc1ccco1)NC(=O)OCc1ccccc1. The Balaban J connectivity index is 1.96. The van der Waals surface area contributed by atoms with E-state index in [0.717, 1.165) is 5.56 Å². The average molecular weight is 345 g/mol. The van der Waals surface area contributed by atoms with E-state index in [0.29, 0.717) is 5.76 Å². The number of carbonyl (C=O) groups excluding carboxylic acids is 2. The molecule has 2 rings (SSSR count). The molecule has 0 spiro atoms. The minimum absolute atomic E-state index is 0.120. The van der Waals surface area contributed by atoms with Crippen LogP contribution in [0.5, 0.6) is 0 Å². The largest absolute Gasteiger partial charge is 0.469 e. The van der Waals surface area contributed by atoms with Crippen molar-refractivity contribution in [2.75, 3.05) is 0 Å². The van der Waals surface area contributed by atoms with Gasteiger partial charge in [-0.2, -0.15) is 0 Å². The second kappa shape index (κ2) is 8.37. The van der Waals surface area contributed by atoms with Gasteiger partial charge in [-0.25, -0.2) is 9.59 Å². The molecule has 2 aromatic rings. The van der Waals surface area contributed by atoms with Crippen molar-refractivity contribution in [2.45, 2.75) is 45.4 Å². The van der Waals surface area contributed by atoms with E-state index >= 15 is 0 Å². The molecule has 0 radical (unpaired) electrons. The van der Waals surface area contributed by atoms with Crippen molar-refractivity contribution >= 4 is 12.1 Å². The summed E-state index contributed by atoms with van der Waals surface area (Å²) in [5.74, 6) is 0.0276. The van der Waals surface area contributed by atoms with E-state index in [1.807, 2.05) is 30.3 Å². The molecule has 0 aliphatic heterocycles. The second-order valence-electron chi connectivity index (χ2n) is 6.58. The molecule has 0 fully saturated rings. The number of carbonyl (C=O) groups is 2. The standard InChI is InChI=1S/C19H23NO5/c1-19(2,3)25-17(21)16(12-15-10-7-11-23-15)20-18(22)24-13-14-8-5-4-6-9-14/h4-11,16H,12-13H2,1-3H3,(H,20,22)/t16-/m0/s1. The van der Waals surface area contributed by atoms with Crippen molar-refractivity contribution in [1.29, 1.82) is 0 Å². The van der Waals surface area contributed by atoms with Crippen molar-refractivity contribution in [3.63, 3.8) is 0 Å². The molecule has 25 heavy (non-hydrogen) atoms. The maximum absolute atomic E-state index is 12.4. The van der Waals surface area contributed by atoms with E-state index in [4.69, 9.17) is 13.9 Å². The zero-order valence-electron chi connectivity index (χ0n) is 14.7. The number of rotatable bonds is 6. The van der Waals surface area contributed by atoms with Crippen LogP contribution in [-0.2, 0) is 27.3 Å². The minimum Gasteiger partial charge on any atom is -0.469 e. The number of alkyl carbamates (subject to hydrolysis) is 1. The number of hydrogen-bond donors (Lipinski definition) is 1. The highest BCUT2D eigenvalue weighted by molar-refractivity contribution is 5.81. The summed E-state index contributed by atoms with van der Waals surface area (Å²) in [6.07, 6.45) is 1.00. The molecule has 0 aliphatic rings. The van der Waals surface area contributed by atoms with Crippen molar-refractivity contribution in [1.82, 2.24) is 5.32 Å². The van der Waals surface area contributed by atoms with E-state index in [9.17, 15) is 9.59 Å². The zero-order chi connectivity index (χ0) is 18.3. The summed E-state index contributed by atoms with van der Waals surface area (Å²) in [7, 11) is 0. The summed E-state index contributed by atoms with van der Waals surface area (Å²) >= 11 is 0. The maximum atomic E-state index is 12.4. The van der Waals surface area contributed by atoms with Crippen LogP contribution in [0.2, 0.25) is 0 Å². The molecule has 1 amide bonds. The molecule has 0 unspecified atom stereocenters. The first-order valence-corrected chi connectivity index (χ1v) is 8.06. The third-order valence-corrected chi connectivity index (χ3v) is 3.18. The number of benzene rings is 1. The van der Waals surface area contributed by atoms with Gasteiger partial charge in [-0.1, -0.05) is 30.3 Å². The Bertz CT molecular complexity index is 674. The van der Waals surface area contributed by atoms with Gasteiger partial charge in [0.05, 0.1) is 6.26 Å². The summed E-state index contributed by atoms with van der Waals surface area (Å²) in [4.78, 5) is 24.4. The van der Waals surface area contributed by atoms with Gasteiger partial charge in [0, 0.05) is 6.42 Å². The number of ether oxygens (including phenoxy) is 2. The molecule has 134 valence electrons. The molecule has 6 heteroatoms. The van der Waals surface area contributed by atoms with Crippen molar-refractivity contribution in [3.8, 4) is 0 Å². The smallest absolute Gasteiger partial charge is 0.408 e. The first-order chi connectivity index (χ1) is 11.8. The summed E-state index contributed by atoms with van der Waals surface area (Å²) in [6.45, 7) is 5.42. The predicted molar refractivity (Wildman–Crippen MR) is 91.8 cm³/mol. The van der Waals surface area contributed by atoms with Crippen molar-refractivity contribution in [3.05, 3.63) is 60.1 Å². The Kier molecular flexibility index (Phi) is 6.22. The summed E-state index contributed by atoms with van der Waals surface area (Å²) in [5.41, 5.74) is 0.200. The third kappa shape index (κ3) is 6.71. The Labute approximate surface area is 147 Å². The Morgan fingerprint density at radius 2 is 1.84 bits per heavy atom. The average Bonchev–Trinajstić information content (AvgIpc) is 3.05. The maximum Gasteiger partial charge on any atom is 0.408 e. The Morgan fingerprint density at radius 3 is 2.44 bits per heavy atom. The fraction of sp³-hybridized carbons (Fsp3) is 0.368. The van der Waals surface area contributed by atoms with Crippen LogP contribution in [0.25, 0.3) is 0 Å². The normalized spacial score (nSPS) is 12.3. The van der Waals surface area contributed by atoms with Gasteiger partial charge in [-0.15, -0.1) is 0 Å². The molecule has 1 aromatic heterocycles. The molecule has 6 nitrogen and oxygen atoms in total. The Morgan fingerprint density at radius 1 is 1.12 bits per heavy atom. The fourth-order valence-corrected chi connectivity index (χ4v) is 2.10. The molecule has 0 bridgehead atoms. The van der Waals surface area contributed by atoms with Crippen LogP contribution in [0.4, 0.5) is 4.79 Å². The van der Waals surface area contributed by atoms with Gasteiger partial charge in [-0.05, 0) is 38.5 Å². The Hall–Kier alpha value is -2.76. The van der Waals surface area contributed by atoms with Crippen LogP contribution in [0.3, 0.4) is 0 Å². The quantitative estimate of drug-likeness (QED) is 0.811. The van der Waals surface area contributed by atoms with Crippen molar-refractivity contribution in [2.24, 2.45) is 0 Å². The lowest BCUT2D eigenvalue weighted by molar-refractivity contribution is -0.157. The molecular formula is C19H23NO5. The van der Waals surface area contributed by atoms with Crippen LogP contribution in [0, 0.1) is 0 Å². The number of amides is 1. The van der Waals surface area contributed by atoms with Crippen LogP contribution < -0.4 is 5.32 Å². The third-order valence-electron chi connectivity index (χ3n) is 3.18. The molecular weight excluding hydrogens is 322 g/mol. The highest BCUT2D eigenvalue weighted by atomic mass is 16.6. The molecule has 0 saturated carbocycles. The number of esters is 1. The zero-order valence-corrected chi connectivity index (χ0v) is 14.7. The van der Waals surface area contributed by atoms with Crippen LogP contribution in [0.1, 0.15) is 32.1 Å². The van der Waals surface area contributed by atoms with Crippen molar-refractivity contribution < 1.29 is 23.5 Å². The van der Waals surface area contributed by atoms with Crippen LogP contribution in [-0.4, -0.2) is 23.7 Å². The van der Waals surface area contributed by atoms with Gasteiger partial charge in [0.2, 0.25) is 0 Å². The fourth-order valence-electron chi connectivity index (χ4n) is 2.10. The highest BCUT2D eigenvalue weighted by Crippen LogP contribution is 2.12. The topological polar surface area (TPSA) is 77.8 Å². The van der Waals surface area contributed by atoms with Crippen LogP contribution in [0.15, 0.2) is 53.1 Å². The molecule has 1 heterocycles. The van der Waals surface area contributed by atoms with E-state index in [1.165, 1.54) is 6.26 Å². The molecule has 0 saturated heterocycles. The van der Waals surface area contributed by atoms with E-state index in [2.05, 4.69) is 5.32 Å². The molecule has 1 N–H and O–H groups in total. The predicted octanol–water partition coefficient (Wildman–Crippen LogP) is 3.46. The highest BCUT2D eigenvalue weighted by Gasteiger charge is 2.28. The number of hydrogen-bond acceptors (Lipinski definition) is 5. The van der Waals surface area contributed by atoms with Gasteiger partial charge in [0.1, 0.15) is 24.0 Å². The number of furan rings is 1. The monoisotopic (exact) mass is 345 g/mol. The lowest BCUT2D eigenvalue weighted by atomic mass is 10.1.